The largest absolute Gasteiger partial charge is 1.00 e. The zero-order valence-electron chi connectivity index (χ0n) is 20.7. The highest BCUT2D eigenvalue weighted by molar-refractivity contribution is 5.83. The predicted molar refractivity (Wildman–Crippen MR) is 128 cm³/mol. The molecule has 35 heavy (non-hydrogen) atoms. The number of hydrogen-bond donors (Lipinski definition) is 0. The van der Waals surface area contributed by atoms with Crippen molar-refractivity contribution in [2.75, 3.05) is 26.2 Å². The molecular formula is C28H37BrN2O4. The highest BCUT2D eigenvalue weighted by atomic mass is 79.9. The van der Waals surface area contributed by atoms with Gasteiger partial charge in [0.2, 0.25) is 0 Å². The molecule has 7 heteroatoms. The second-order valence-electron chi connectivity index (χ2n) is 10.9. The maximum atomic E-state index is 13.9. The molecule has 4 aliphatic rings. The highest BCUT2D eigenvalue weighted by Crippen LogP contribution is 2.42. The molecule has 2 bridgehead atoms. The van der Waals surface area contributed by atoms with Crippen molar-refractivity contribution in [3.63, 3.8) is 0 Å². The van der Waals surface area contributed by atoms with E-state index in [-0.39, 0.29) is 41.3 Å². The second kappa shape index (κ2) is 11.0. The fourth-order valence-electron chi connectivity index (χ4n) is 6.65. The molecule has 1 aliphatic carbocycles. The van der Waals surface area contributed by atoms with Crippen LogP contribution in [0.4, 0.5) is 0 Å². The Morgan fingerprint density at radius 2 is 1.77 bits per heavy atom. The van der Waals surface area contributed by atoms with E-state index in [1.807, 2.05) is 31.2 Å². The number of benzene rings is 1. The minimum atomic E-state index is -0.533. The predicted octanol–water partition coefficient (Wildman–Crippen LogP) is 1.54. The number of piperidine rings is 3. The number of carbonyl (C=O) groups is 2. The number of quaternary nitrogens is 1. The molecule has 0 radical (unpaired) electrons. The standard InChI is InChI=1S/C28H37N2O4.BrH/c1-21-17-25(34-29-21)18-24(31)19-30-15-11-22(12-16-30)26(20-30)33-27(32)28(13-7-2-3-8-14-28)23-9-5-4-6-10-23;/h4-6,9-10,17,22,26H,2-3,7-8,11-16,18-20H2,1H3;1H/q+1;/p-1/t22?,26-,30?;/m0./s1. The van der Waals surface area contributed by atoms with Crippen LogP contribution >= 0.6 is 0 Å². The van der Waals surface area contributed by atoms with Crippen molar-refractivity contribution >= 4 is 11.8 Å². The van der Waals surface area contributed by atoms with E-state index < -0.39 is 5.41 Å². The van der Waals surface area contributed by atoms with Gasteiger partial charge in [-0.25, -0.2) is 0 Å². The number of carbonyl (C=O) groups excluding carboxylic acids is 2. The average Bonchev–Trinajstić information content (AvgIpc) is 3.09. The minimum Gasteiger partial charge on any atom is -1.00 e. The van der Waals surface area contributed by atoms with Gasteiger partial charge in [-0.05, 0) is 25.3 Å². The lowest BCUT2D eigenvalue weighted by Crippen LogP contribution is -3.00. The fraction of sp³-hybridized carbons (Fsp3) is 0.607. The number of nitrogens with zero attached hydrogens (tertiary/aromatic N) is 2. The molecule has 1 aromatic carbocycles. The lowest BCUT2D eigenvalue weighted by molar-refractivity contribution is -0.939. The van der Waals surface area contributed by atoms with Gasteiger partial charge in [0, 0.05) is 24.8 Å². The van der Waals surface area contributed by atoms with Crippen molar-refractivity contribution in [1.82, 2.24) is 5.16 Å². The molecule has 1 saturated carbocycles. The summed E-state index contributed by atoms with van der Waals surface area (Å²) < 4.78 is 12.4. The summed E-state index contributed by atoms with van der Waals surface area (Å²) in [6.45, 7) is 5.07. The molecule has 6 nitrogen and oxygen atoms in total. The van der Waals surface area contributed by atoms with Crippen LogP contribution in [0.3, 0.4) is 0 Å². The number of ether oxygens (including phenoxy) is 1. The van der Waals surface area contributed by atoms with Crippen molar-refractivity contribution in [2.45, 2.75) is 76.2 Å². The minimum absolute atomic E-state index is 0. The molecule has 3 saturated heterocycles. The van der Waals surface area contributed by atoms with E-state index in [1.165, 1.54) is 12.8 Å². The van der Waals surface area contributed by atoms with Gasteiger partial charge in [-0.2, -0.15) is 0 Å². The number of halogens is 1. The van der Waals surface area contributed by atoms with Crippen LogP contribution in [0.2, 0.25) is 0 Å². The third-order valence-electron chi connectivity index (χ3n) is 8.53. The molecule has 0 amide bonds. The van der Waals surface area contributed by atoms with Gasteiger partial charge in [-0.15, -0.1) is 0 Å². The van der Waals surface area contributed by atoms with Crippen LogP contribution in [0.15, 0.2) is 40.9 Å². The Morgan fingerprint density at radius 3 is 2.40 bits per heavy atom. The maximum Gasteiger partial charge on any atom is 0.317 e. The summed E-state index contributed by atoms with van der Waals surface area (Å²) in [7, 11) is 0. The molecule has 190 valence electrons. The normalized spacial score (nSPS) is 27.5. The van der Waals surface area contributed by atoms with Crippen LogP contribution in [-0.4, -0.2) is 53.7 Å². The van der Waals surface area contributed by atoms with E-state index in [4.69, 9.17) is 9.26 Å². The van der Waals surface area contributed by atoms with E-state index in [2.05, 4.69) is 17.3 Å². The highest BCUT2D eigenvalue weighted by Gasteiger charge is 2.51. The Morgan fingerprint density at radius 1 is 1.09 bits per heavy atom. The molecule has 2 aromatic rings. The summed E-state index contributed by atoms with van der Waals surface area (Å²) in [6.07, 6.45) is 8.44. The molecule has 0 spiro atoms. The van der Waals surface area contributed by atoms with Crippen molar-refractivity contribution in [2.24, 2.45) is 5.92 Å². The van der Waals surface area contributed by atoms with Gasteiger partial charge in [0.25, 0.3) is 0 Å². The molecule has 4 fully saturated rings. The lowest BCUT2D eigenvalue weighted by Gasteiger charge is -2.52. The SMILES string of the molecule is Cc1cc(CC(=O)C[N+]23CCC(CC2)[C@@H](OC(=O)C2(c4ccccc4)CCCCCC2)C3)on1.[Br-]. The van der Waals surface area contributed by atoms with Crippen molar-refractivity contribution in [1.29, 1.82) is 0 Å². The third kappa shape index (κ3) is 5.56. The first kappa shape index (κ1) is 26.1. The van der Waals surface area contributed by atoms with Crippen molar-refractivity contribution < 1.29 is 40.3 Å². The summed E-state index contributed by atoms with van der Waals surface area (Å²) in [5, 5.41) is 3.90. The van der Waals surface area contributed by atoms with Gasteiger partial charge in [0.05, 0.1) is 30.6 Å². The second-order valence-corrected chi connectivity index (χ2v) is 10.9. The molecule has 3 aliphatic heterocycles. The van der Waals surface area contributed by atoms with Crippen LogP contribution in [0.1, 0.15) is 68.4 Å². The van der Waals surface area contributed by atoms with Crippen LogP contribution in [0.5, 0.6) is 0 Å². The number of fused-ring (bicyclic) bond motifs is 3. The first-order valence-corrected chi connectivity index (χ1v) is 13.0. The summed E-state index contributed by atoms with van der Waals surface area (Å²) in [6, 6.07) is 12.1. The first-order chi connectivity index (χ1) is 16.5. The molecule has 1 aromatic heterocycles. The summed E-state index contributed by atoms with van der Waals surface area (Å²) in [4.78, 5) is 26.8. The fourth-order valence-corrected chi connectivity index (χ4v) is 6.65. The van der Waals surface area contributed by atoms with Gasteiger partial charge < -0.3 is 30.7 Å². The van der Waals surface area contributed by atoms with Gasteiger partial charge in [-0.3, -0.25) is 9.59 Å². The van der Waals surface area contributed by atoms with Crippen molar-refractivity contribution in [3.8, 4) is 0 Å². The third-order valence-corrected chi connectivity index (χ3v) is 8.53. The lowest BCUT2D eigenvalue weighted by atomic mass is 9.74. The molecule has 4 heterocycles. The van der Waals surface area contributed by atoms with E-state index >= 15 is 0 Å². The smallest absolute Gasteiger partial charge is 0.317 e. The Hall–Kier alpha value is -1.99. The molecule has 1 atom stereocenters. The number of hydrogen-bond acceptors (Lipinski definition) is 5. The van der Waals surface area contributed by atoms with Gasteiger partial charge in [-0.1, -0.05) is 61.2 Å². The number of Topliss-reactive ketones (excluding diaryl/α,β-unsaturated/α-hetero) is 1. The number of aromatic nitrogens is 1. The molecule has 0 unspecified atom stereocenters. The van der Waals surface area contributed by atoms with Crippen LogP contribution in [0, 0.1) is 12.8 Å². The van der Waals surface area contributed by atoms with E-state index in [0.29, 0.717) is 18.2 Å². The zero-order valence-corrected chi connectivity index (χ0v) is 22.3. The quantitative estimate of drug-likeness (QED) is 0.300. The monoisotopic (exact) mass is 544 g/mol. The summed E-state index contributed by atoms with van der Waals surface area (Å²) in [5.74, 6) is 1.18. The van der Waals surface area contributed by atoms with Crippen LogP contribution in [-0.2, 0) is 26.2 Å². The number of esters is 1. The van der Waals surface area contributed by atoms with Gasteiger partial charge >= 0.3 is 5.97 Å². The zero-order chi connectivity index (χ0) is 23.6. The van der Waals surface area contributed by atoms with Crippen LogP contribution < -0.4 is 17.0 Å². The molecular weight excluding hydrogens is 508 g/mol. The maximum absolute atomic E-state index is 13.9. The summed E-state index contributed by atoms with van der Waals surface area (Å²) >= 11 is 0. The average molecular weight is 546 g/mol. The molecule has 0 N–H and O–H groups in total. The number of rotatable bonds is 7. The Balaban J connectivity index is 0.00000289. The van der Waals surface area contributed by atoms with E-state index in [1.54, 1.807) is 0 Å². The Labute approximate surface area is 218 Å². The van der Waals surface area contributed by atoms with E-state index in [9.17, 15) is 9.59 Å². The van der Waals surface area contributed by atoms with Crippen molar-refractivity contribution in [3.05, 3.63) is 53.4 Å². The van der Waals surface area contributed by atoms with Crippen LogP contribution in [0.25, 0.3) is 0 Å². The van der Waals surface area contributed by atoms with E-state index in [0.717, 1.165) is 73.9 Å². The molecule has 6 rings (SSSR count). The number of ketones is 1. The Bertz CT molecular complexity index is 1000. The van der Waals surface area contributed by atoms with Gasteiger partial charge in [0.15, 0.2) is 11.9 Å². The summed E-state index contributed by atoms with van der Waals surface area (Å²) in [5.41, 5.74) is 1.37. The van der Waals surface area contributed by atoms with Gasteiger partial charge in [0.1, 0.15) is 18.8 Å². The Kier molecular flexibility index (Phi) is 8.16. The topological polar surface area (TPSA) is 69.4 Å². The number of aryl methyl sites for hydroxylation is 1. The first-order valence-electron chi connectivity index (χ1n) is 13.0.